The Bertz CT molecular complexity index is 111. The minimum absolute atomic E-state index is 0.447. The largest absolute Gasteiger partial charge is 0.400 e. The summed E-state index contributed by atoms with van der Waals surface area (Å²) in [5.74, 6) is 0. The molecule has 12 heavy (non-hydrogen) atoms. The first-order valence-electron chi connectivity index (χ1n) is 4.61. The maximum Gasteiger partial charge on any atom is 0.320 e. The lowest BCUT2D eigenvalue weighted by Crippen LogP contribution is -2.22. The third kappa shape index (κ3) is 4.90. The summed E-state index contributed by atoms with van der Waals surface area (Å²) in [7, 11) is 2.19. The molecule has 0 atom stereocenters. The normalized spacial score (nSPS) is 12.5. The quantitative estimate of drug-likeness (QED) is 0.599. The molecule has 0 fully saturated rings. The number of hydrogen-bond donors (Lipinski definition) is 0. The van der Waals surface area contributed by atoms with E-state index in [2.05, 4.69) is 20.8 Å². The molecule has 0 aliphatic rings. The molecule has 0 bridgehead atoms. The molecule has 0 aliphatic carbocycles. The minimum atomic E-state index is -1.31. The summed E-state index contributed by atoms with van der Waals surface area (Å²) in [5.41, 5.74) is 0.447. The van der Waals surface area contributed by atoms with Gasteiger partial charge >= 0.3 is 9.28 Å². The molecule has 0 aliphatic heterocycles. The molecule has 0 aromatic rings. The highest BCUT2D eigenvalue weighted by atomic mass is 28.3. The van der Waals surface area contributed by atoms with E-state index in [9.17, 15) is 0 Å². The van der Waals surface area contributed by atoms with Gasteiger partial charge in [-0.25, -0.2) is 0 Å². The van der Waals surface area contributed by atoms with Crippen LogP contribution in [-0.2, 0) is 8.85 Å². The predicted molar refractivity (Wildman–Crippen MR) is 54.7 cm³/mol. The van der Waals surface area contributed by atoms with E-state index in [1.807, 2.05) is 0 Å². The molecule has 0 rings (SSSR count). The third-order valence-electron chi connectivity index (χ3n) is 2.54. The summed E-state index contributed by atoms with van der Waals surface area (Å²) in [4.78, 5) is 0. The Morgan fingerprint density at radius 1 is 1.17 bits per heavy atom. The van der Waals surface area contributed by atoms with Crippen LogP contribution in [0, 0.1) is 5.41 Å². The zero-order valence-electron chi connectivity index (χ0n) is 9.02. The summed E-state index contributed by atoms with van der Waals surface area (Å²) in [6, 6.07) is 1.12. The van der Waals surface area contributed by atoms with E-state index in [-0.39, 0.29) is 0 Å². The van der Waals surface area contributed by atoms with E-state index in [0.717, 1.165) is 6.04 Å². The lowest BCUT2D eigenvalue weighted by molar-refractivity contribution is 0.260. The van der Waals surface area contributed by atoms with Gasteiger partial charge in [-0.2, -0.15) is 0 Å². The maximum atomic E-state index is 5.26. The van der Waals surface area contributed by atoms with Crippen molar-refractivity contribution in [2.24, 2.45) is 5.41 Å². The first-order chi connectivity index (χ1) is 5.55. The Morgan fingerprint density at radius 3 is 2.00 bits per heavy atom. The van der Waals surface area contributed by atoms with Crippen LogP contribution in [0.4, 0.5) is 0 Å². The van der Waals surface area contributed by atoms with E-state index in [1.165, 1.54) is 12.8 Å². The van der Waals surface area contributed by atoms with Crippen LogP contribution in [0.2, 0.25) is 6.04 Å². The van der Waals surface area contributed by atoms with E-state index < -0.39 is 9.28 Å². The Kier molecular flexibility index (Phi) is 5.79. The van der Waals surface area contributed by atoms with Crippen molar-refractivity contribution >= 4 is 9.28 Å². The van der Waals surface area contributed by atoms with E-state index >= 15 is 0 Å². The summed E-state index contributed by atoms with van der Waals surface area (Å²) < 4.78 is 10.5. The fourth-order valence-corrected chi connectivity index (χ4v) is 2.70. The van der Waals surface area contributed by atoms with Crippen molar-refractivity contribution in [3.8, 4) is 0 Å². The van der Waals surface area contributed by atoms with Gasteiger partial charge in [-0.05, 0) is 17.9 Å². The standard InChI is InChI=1S/C9H22O2Si/c1-6-9(2,3)7-8-12(10-4)11-5/h12H,6-8H2,1-5H3. The highest BCUT2D eigenvalue weighted by Gasteiger charge is 2.19. The van der Waals surface area contributed by atoms with Crippen LogP contribution in [0.5, 0.6) is 0 Å². The second-order valence-corrected chi connectivity index (χ2v) is 6.34. The van der Waals surface area contributed by atoms with Gasteiger partial charge in [0, 0.05) is 14.2 Å². The average molecular weight is 190 g/mol. The van der Waals surface area contributed by atoms with Gasteiger partial charge in [-0.1, -0.05) is 27.2 Å². The smallest absolute Gasteiger partial charge is 0.320 e. The fourth-order valence-electron chi connectivity index (χ4n) is 1.02. The van der Waals surface area contributed by atoms with Gasteiger partial charge in [0.15, 0.2) is 0 Å². The van der Waals surface area contributed by atoms with Crippen molar-refractivity contribution in [2.45, 2.75) is 39.7 Å². The summed E-state index contributed by atoms with van der Waals surface area (Å²) in [6.07, 6.45) is 2.43. The first kappa shape index (κ1) is 12.1. The number of rotatable bonds is 6. The van der Waals surface area contributed by atoms with E-state index in [0.29, 0.717) is 5.41 Å². The average Bonchev–Trinajstić information content (AvgIpc) is 2.06. The van der Waals surface area contributed by atoms with Gasteiger partial charge in [-0.3, -0.25) is 0 Å². The Balaban J connectivity index is 3.65. The molecule has 0 saturated heterocycles. The molecular weight excluding hydrogens is 168 g/mol. The molecular formula is C9H22O2Si. The van der Waals surface area contributed by atoms with E-state index in [4.69, 9.17) is 8.85 Å². The Hall–Kier alpha value is 0.137. The fraction of sp³-hybridized carbons (Fsp3) is 1.00. The van der Waals surface area contributed by atoms with Crippen molar-refractivity contribution in [3.63, 3.8) is 0 Å². The predicted octanol–water partition coefficient (Wildman–Crippen LogP) is 2.33. The molecule has 0 N–H and O–H groups in total. The van der Waals surface area contributed by atoms with Crippen molar-refractivity contribution < 1.29 is 8.85 Å². The van der Waals surface area contributed by atoms with Crippen molar-refractivity contribution in [3.05, 3.63) is 0 Å². The number of hydrogen-bond acceptors (Lipinski definition) is 2. The molecule has 0 heterocycles. The van der Waals surface area contributed by atoms with Gasteiger partial charge in [0.05, 0.1) is 0 Å². The summed E-state index contributed by atoms with van der Waals surface area (Å²) in [6.45, 7) is 6.82. The molecule has 0 amide bonds. The molecule has 0 radical (unpaired) electrons. The molecule has 0 aromatic heterocycles. The van der Waals surface area contributed by atoms with Crippen LogP contribution in [0.15, 0.2) is 0 Å². The Labute approximate surface area is 78.1 Å². The summed E-state index contributed by atoms with van der Waals surface area (Å²) >= 11 is 0. The van der Waals surface area contributed by atoms with Crippen LogP contribution >= 0.6 is 0 Å². The van der Waals surface area contributed by atoms with Gasteiger partial charge in [0.1, 0.15) is 0 Å². The zero-order chi connectivity index (χ0) is 9.61. The van der Waals surface area contributed by atoms with Crippen molar-refractivity contribution in [1.82, 2.24) is 0 Å². The highest BCUT2D eigenvalue weighted by Crippen LogP contribution is 2.27. The molecule has 2 nitrogen and oxygen atoms in total. The molecule has 74 valence electrons. The van der Waals surface area contributed by atoms with Crippen molar-refractivity contribution in [1.29, 1.82) is 0 Å². The van der Waals surface area contributed by atoms with Gasteiger partial charge in [-0.15, -0.1) is 0 Å². The van der Waals surface area contributed by atoms with Crippen LogP contribution in [0.3, 0.4) is 0 Å². The molecule has 3 heteroatoms. The van der Waals surface area contributed by atoms with Crippen LogP contribution in [-0.4, -0.2) is 23.5 Å². The van der Waals surface area contributed by atoms with Crippen LogP contribution in [0.1, 0.15) is 33.6 Å². The molecule has 0 aromatic carbocycles. The lowest BCUT2D eigenvalue weighted by Gasteiger charge is -2.23. The highest BCUT2D eigenvalue weighted by molar-refractivity contribution is 6.44. The van der Waals surface area contributed by atoms with Gasteiger partial charge in [0.2, 0.25) is 0 Å². The van der Waals surface area contributed by atoms with Crippen LogP contribution < -0.4 is 0 Å². The SMILES string of the molecule is CCC(C)(C)CC[SiH](OC)OC. The monoisotopic (exact) mass is 190 g/mol. The zero-order valence-corrected chi connectivity index (χ0v) is 10.2. The second-order valence-electron chi connectivity index (χ2n) is 3.96. The van der Waals surface area contributed by atoms with Gasteiger partial charge < -0.3 is 8.85 Å². The molecule has 0 spiro atoms. The summed E-state index contributed by atoms with van der Waals surface area (Å²) in [5, 5.41) is 0. The third-order valence-corrected chi connectivity index (χ3v) is 4.35. The first-order valence-corrected chi connectivity index (χ1v) is 6.37. The topological polar surface area (TPSA) is 18.5 Å². The molecule has 0 saturated carbocycles. The minimum Gasteiger partial charge on any atom is -0.400 e. The second kappa shape index (κ2) is 5.73. The maximum absolute atomic E-state index is 5.26. The van der Waals surface area contributed by atoms with Gasteiger partial charge in [0.25, 0.3) is 0 Å². The van der Waals surface area contributed by atoms with Crippen LogP contribution in [0.25, 0.3) is 0 Å². The lowest BCUT2D eigenvalue weighted by atomic mass is 9.87. The Morgan fingerprint density at radius 2 is 1.67 bits per heavy atom. The van der Waals surface area contributed by atoms with Crippen molar-refractivity contribution in [2.75, 3.05) is 14.2 Å². The molecule has 0 unspecified atom stereocenters. The van der Waals surface area contributed by atoms with E-state index in [1.54, 1.807) is 14.2 Å².